The van der Waals surface area contributed by atoms with Crippen molar-refractivity contribution in [3.05, 3.63) is 18.0 Å². The maximum Gasteiger partial charge on any atom is 0.338 e. The number of carboxylic acids is 1. The van der Waals surface area contributed by atoms with Gasteiger partial charge in [-0.15, -0.1) is 0 Å². The van der Waals surface area contributed by atoms with Crippen LogP contribution in [0, 0.1) is 23.2 Å². The molecule has 0 aromatic carbocycles. The Bertz CT molecular complexity index is 646. The van der Waals surface area contributed by atoms with E-state index in [2.05, 4.69) is 17.3 Å². The molecule has 1 atom stereocenters. The summed E-state index contributed by atoms with van der Waals surface area (Å²) in [5.74, 6) is 1.50. The fourth-order valence-electron chi connectivity index (χ4n) is 6.24. The average molecular weight is 345 g/mol. The van der Waals surface area contributed by atoms with Crippen LogP contribution in [0.1, 0.15) is 62.2 Å². The van der Waals surface area contributed by atoms with Gasteiger partial charge in [0.15, 0.2) is 0 Å². The van der Waals surface area contributed by atoms with Crippen molar-refractivity contribution in [1.29, 1.82) is 0 Å². The van der Waals surface area contributed by atoms with E-state index >= 15 is 0 Å². The summed E-state index contributed by atoms with van der Waals surface area (Å²) < 4.78 is 1.41. The molecule has 1 aromatic heterocycles. The van der Waals surface area contributed by atoms with Crippen LogP contribution in [-0.4, -0.2) is 32.8 Å². The summed E-state index contributed by atoms with van der Waals surface area (Å²) in [6.07, 6.45) is 11.6. The van der Waals surface area contributed by atoms with Gasteiger partial charge in [0.2, 0.25) is 5.91 Å². The summed E-state index contributed by atoms with van der Waals surface area (Å²) in [6.45, 7) is 2.25. The molecule has 0 radical (unpaired) electrons. The summed E-state index contributed by atoms with van der Waals surface area (Å²) in [5.41, 5.74) is 0.399. The number of hydrogen-bond acceptors (Lipinski definition) is 3. The standard InChI is InChI=1S/C19H27N3O3/c1-2-16(19-6-12-3-13(7-19)5-14(4-12)8-19)21-17(23)11-22-10-15(9-20-22)18(24)25/h9-10,12-14,16H,2-8,11H2,1H3,(H,21,23)(H,24,25). The number of carboxylic acid groups (broad SMARTS) is 1. The van der Waals surface area contributed by atoms with Crippen molar-refractivity contribution in [3.8, 4) is 0 Å². The van der Waals surface area contributed by atoms with Crippen molar-refractivity contribution in [2.24, 2.45) is 23.2 Å². The van der Waals surface area contributed by atoms with Gasteiger partial charge in [-0.2, -0.15) is 5.10 Å². The van der Waals surface area contributed by atoms with Crippen molar-refractivity contribution in [1.82, 2.24) is 15.1 Å². The number of carbonyl (C=O) groups is 2. The maximum atomic E-state index is 12.5. The Morgan fingerprint density at radius 3 is 2.36 bits per heavy atom. The van der Waals surface area contributed by atoms with Gasteiger partial charge in [-0.25, -0.2) is 4.79 Å². The van der Waals surface area contributed by atoms with Crippen LogP contribution in [-0.2, 0) is 11.3 Å². The number of aromatic nitrogens is 2. The zero-order valence-corrected chi connectivity index (χ0v) is 14.8. The highest BCUT2D eigenvalue weighted by molar-refractivity contribution is 5.87. The summed E-state index contributed by atoms with van der Waals surface area (Å²) in [4.78, 5) is 23.5. The second kappa shape index (κ2) is 6.15. The van der Waals surface area contributed by atoms with Crippen LogP contribution in [0.15, 0.2) is 12.4 Å². The van der Waals surface area contributed by atoms with E-state index in [1.54, 1.807) is 0 Å². The van der Waals surface area contributed by atoms with E-state index in [4.69, 9.17) is 5.11 Å². The van der Waals surface area contributed by atoms with Gasteiger partial charge in [-0.1, -0.05) is 6.92 Å². The van der Waals surface area contributed by atoms with E-state index < -0.39 is 5.97 Å². The predicted molar refractivity (Wildman–Crippen MR) is 92.0 cm³/mol. The third kappa shape index (κ3) is 3.07. The van der Waals surface area contributed by atoms with Gasteiger partial charge < -0.3 is 10.4 Å². The van der Waals surface area contributed by atoms with Gasteiger partial charge in [0, 0.05) is 12.2 Å². The molecule has 1 unspecified atom stereocenters. The molecular formula is C19H27N3O3. The molecule has 1 heterocycles. The lowest BCUT2D eigenvalue weighted by Gasteiger charge is -2.59. The van der Waals surface area contributed by atoms with Gasteiger partial charge in [-0.3, -0.25) is 9.48 Å². The topological polar surface area (TPSA) is 84.2 Å². The lowest BCUT2D eigenvalue weighted by atomic mass is 9.47. The quantitative estimate of drug-likeness (QED) is 0.830. The van der Waals surface area contributed by atoms with Crippen LogP contribution in [0.2, 0.25) is 0 Å². The van der Waals surface area contributed by atoms with E-state index in [1.807, 2.05) is 0 Å². The van der Waals surface area contributed by atoms with E-state index in [0.717, 1.165) is 24.2 Å². The first-order chi connectivity index (χ1) is 12.0. The lowest BCUT2D eigenvalue weighted by molar-refractivity contribution is -0.127. The largest absolute Gasteiger partial charge is 0.478 e. The summed E-state index contributed by atoms with van der Waals surface area (Å²) >= 11 is 0. The number of nitrogens with zero attached hydrogens (tertiary/aromatic N) is 2. The van der Waals surface area contributed by atoms with Gasteiger partial charge in [0.05, 0.1) is 11.8 Å². The van der Waals surface area contributed by atoms with E-state index in [-0.39, 0.29) is 29.5 Å². The van der Waals surface area contributed by atoms with Crippen molar-refractivity contribution in [2.75, 3.05) is 0 Å². The van der Waals surface area contributed by atoms with Crippen LogP contribution in [0.25, 0.3) is 0 Å². The number of nitrogens with one attached hydrogen (secondary N) is 1. The van der Waals surface area contributed by atoms with Crippen LogP contribution in [0.4, 0.5) is 0 Å². The minimum atomic E-state index is -1.02. The summed E-state index contributed by atoms with van der Waals surface area (Å²) in [5, 5.41) is 16.2. The lowest BCUT2D eigenvalue weighted by Crippen LogP contribution is -2.57. The predicted octanol–water partition coefficient (Wildman–Crippen LogP) is 2.69. The van der Waals surface area contributed by atoms with E-state index in [1.165, 1.54) is 55.6 Å². The summed E-state index contributed by atoms with van der Waals surface area (Å²) in [6, 6.07) is 0.225. The number of rotatable bonds is 6. The average Bonchev–Trinajstić information content (AvgIpc) is 3.00. The van der Waals surface area contributed by atoms with Crippen molar-refractivity contribution in [3.63, 3.8) is 0 Å². The molecule has 0 aliphatic heterocycles. The Kier molecular flexibility index (Phi) is 4.08. The molecule has 6 heteroatoms. The first-order valence-corrected chi connectivity index (χ1v) is 9.52. The summed E-state index contributed by atoms with van der Waals surface area (Å²) in [7, 11) is 0. The number of carbonyl (C=O) groups excluding carboxylic acids is 1. The zero-order chi connectivity index (χ0) is 17.6. The van der Waals surface area contributed by atoms with Crippen LogP contribution >= 0.6 is 0 Å². The maximum absolute atomic E-state index is 12.5. The molecule has 4 bridgehead atoms. The Morgan fingerprint density at radius 1 is 1.28 bits per heavy atom. The van der Waals surface area contributed by atoms with Gasteiger partial charge in [0.1, 0.15) is 6.54 Å². The fourth-order valence-corrected chi connectivity index (χ4v) is 6.24. The molecule has 4 aliphatic rings. The first kappa shape index (κ1) is 16.6. The smallest absolute Gasteiger partial charge is 0.338 e. The van der Waals surface area contributed by atoms with Crippen LogP contribution in [0.5, 0.6) is 0 Å². The highest BCUT2D eigenvalue weighted by atomic mass is 16.4. The molecule has 136 valence electrons. The SMILES string of the molecule is CCC(NC(=O)Cn1cc(C(=O)O)cn1)C12CC3CC(CC(C3)C1)C2. The Labute approximate surface area is 148 Å². The van der Waals surface area contributed by atoms with Crippen LogP contribution < -0.4 is 5.32 Å². The Hall–Kier alpha value is -1.85. The molecule has 6 nitrogen and oxygen atoms in total. The third-order valence-electron chi connectivity index (χ3n) is 6.75. The number of aromatic carboxylic acids is 1. The molecule has 2 N–H and O–H groups in total. The zero-order valence-electron chi connectivity index (χ0n) is 14.8. The molecule has 5 rings (SSSR count). The van der Waals surface area contributed by atoms with Gasteiger partial charge in [-0.05, 0) is 68.1 Å². The monoisotopic (exact) mass is 345 g/mol. The molecule has 0 spiro atoms. The highest BCUT2D eigenvalue weighted by Gasteiger charge is 2.53. The third-order valence-corrected chi connectivity index (χ3v) is 6.75. The normalized spacial score (nSPS) is 34.0. The second-order valence-corrected chi connectivity index (χ2v) is 8.54. The molecular weight excluding hydrogens is 318 g/mol. The Balaban J connectivity index is 1.43. The fraction of sp³-hybridized carbons (Fsp3) is 0.737. The number of hydrogen-bond donors (Lipinski definition) is 2. The van der Waals surface area contributed by atoms with Crippen molar-refractivity contribution < 1.29 is 14.7 Å². The highest BCUT2D eigenvalue weighted by Crippen LogP contribution is 2.61. The minimum absolute atomic E-state index is 0.0670. The molecule has 1 aromatic rings. The van der Waals surface area contributed by atoms with Crippen molar-refractivity contribution in [2.45, 2.75) is 64.5 Å². The molecule has 4 aliphatic carbocycles. The Morgan fingerprint density at radius 2 is 1.88 bits per heavy atom. The molecule has 25 heavy (non-hydrogen) atoms. The van der Waals surface area contributed by atoms with Crippen molar-refractivity contribution >= 4 is 11.9 Å². The second-order valence-electron chi connectivity index (χ2n) is 8.54. The molecule has 1 amide bonds. The number of amides is 1. The van der Waals surface area contributed by atoms with E-state index in [9.17, 15) is 9.59 Å². The van der Waals surface area contributed by atoms with Crippen LogP contribution in [0.3, 0.4) is 0 Å². The first-order valence-electron chi connectivity index (χ1n) is 9.52. The molecule has 4 fully saturated rings. The molecule has 4 saturated carbocycles. The molecule has 0 saturated heterocycles. The van der Waals surface area contributed by atoms with E-state index in [0.29, 0.717) is 0 Å². The van der Waals surface area contributed by atoms with Gasteiger partial charge in [0.25, 0.3) is 0 Å². The van der Waals surface area contributed by atoms with Gasteiger partial charge >= 0.3 is 5.97 Å². The minimum Gasteiger partial charge on any atom is -0.478 e.